The van der Waals surface area contributed by atoms with Crippen molar-refractivity contribution in [2.75, 3.05) is 11.9 Å². The van der Waals surface area contributed by atoms with E-state index in [2.05, 4.69) is 0 Å². The predicted octanol–water partition coefficient (Wildman–Crippen LogP) is 2.88. The Bertz CT molecular complexity index is 377. The molecule has 0 unspecified atom stereocenters. The summed E-state index contributed by atoms with van der Waals surface area (Å²) in [4.78, 5) is 12.9. The molecule has 0 aliphatic heterocycles. The fourth-order valence-corrected chi connectivity index (χ4v) is 1.44. The van der Waals surface area contributed by atoms with E-state index >= 15 is 0 Å². The molecular formula is C11H14ClNO2. The van der Waals surface area contributed by atoms with Gasteiger partial charge in [0.2, 0.25) is 0 Å². The number of carbonyl (C=O) groups is 1. The number of anilines is 1. The van der Waals surface area contributed by atoms with Crippen LogP contribution in [0, 0.1) is 0 Å². The van der Waals surface area contributed by atoms with Crippen LogP contribution in [0.4, 0.5) is 5.69 Å². The van der Waals surface area contributed by atoms with E-state index in [1.165, 1.54) is 6.07 Å². The number of hydrogen-bond donors (Lipinski definition) is 1. The van der Waals surface area contributed by atoms with Crippen LogP contribution in [-0.2, 0) is 0 Å². The minimum absolute atomic E-state index is 0.235. The predicted molar refractivity (Wildman–Crippen MR) is 62.0 cm³/mol. The third-order valence-corrected chi connectivity index (χ3v) is 2.58. The molecule has 0 amide bonds. The van der Waals surface area contributed by atoms with Crippen molar-refractivity contribution < 1.29 is 9.90 Å². The van der Waals surface area contributed by atoms with Crippen molar-refractivity contribution in [2.45, 2.75) is 19.9 Å². The monoisotopic (exact) mass is 227 g/mol. The molecule has 0 aromatic heterocycles. The zero-order valence-corrected chi connectivity index (χ0v) is 9.75. The average molecular weight is 228 g/mol. The van der Waals surface area contributed by atoms with Gasteiger partial charge in [0.05, 0.1) is 11.3 Å². The number of carboxylic acids is 1. The van der Waals surface area contributed by atoms with Gasteiger partial charge in [0.25, 0.3) is 0 Å². The Morgan fingerprint density at radius 3 is 2.53 bits per heavy atom. The Kier molecular flexibility index (Phi) is 3.58. The Morgan fingerprint density at radius 2 is 2.07 bits per heavy atom. The average Bonchev–Trinajstić information content (AvgIpc) is 2.16. The second-order valence-corrected chi connectivity index (χ2v) is 4.11. The van der Waals surface area contributed by atoms with Gasteiger partial charge in [-0.25, -0.2) is 4.79 Å². The summed E-state index contributed by atoms with van der Waals surface area (Å²) in [5, 5.41) is 9.47. The van der Waals surface area contributed by atoms with Crippen LogP contribution in [0.5, 0.6) is 0 Å². The van der Waals surface area contributed by atoms with Crippen molar-refractivity contribution in [3.8, 4) is 0 Å². The standard InChI is InChI=1S/C11H14ClNO2/c1-7(2)13(3)10-5-4-8(12)6-9(10)11(14)15/h4-7H,1-3H3,(H,14,15). The Labute approximate surface area is 94.3 Å². The molecule has 0 atom stereocenters. The van der Waals surface area contributed by atoms with Gasteiger partial charge in [-0.05, 0) is 32.0 Å². The minimum atomic E-state index is -0.958. The summed E-state index contributed by atoms with van der Waals surface area (Å²) < 4.78 is 0. The summed E-state index contributed by atoms with van der Waals surface area (Å²) in [6.45, 7) is 4.00. The lowest BCUT2D eigenvalue weighted by Crippen LogP contribution is -2.27. The highest BCUT2D eigenvalue weighted by Crippen LogP contribution is 2.24. The maximum atomic E-state index is 11.0. The summed E-state index contributed by atoms with van der Waals surface area (Å²) >= 11 is 5.76. The molecule has 1 aromatic carbocycles. The highest BCUT2D eigenvalue weighted by Gasteiger charge is 2.15. The fourth-order valence-electron chi connectivity index (χ4n) is 1.27. The Balaban J connectivity index is 3.22. The first-order chi connectivity index (χ1) is 6.93. The van der Waals surface area contributed by atoms with E-state index in [4.69, 9.17) is 16.7 Å². The molecule has 1 N–H and O–H groups in total. The highest BCUT2D eigenvalue weighted by atomic mass is 35.5. The second-order valence-electron chi connectivity index (χ2n) is 3.67. The van der Waals surface area contributed by atoms with E-state index in [-0.39, 0.29) is 11.6 Å². The largest absolute Gasteiger partial charge is 0.478 e. The van der Waals surface area contributed by atoms with Crippen LogP contribution in [0.2, 0.25) is 5.02 Å². The van der Waals surface area contributed by atoms with Gasteiger partial charge in [-0.2, -0.15) is 0 Å². The van der Waals surface area contributed by atoms with Crippen molar-refractivity contribution in [3.05, 3.63) is 28.8 Å². The van der Waals surface area contributed by atoms with Crippen LogP contribution < -0.4 is 4.90 Å². The first kappa shape index (κ1) is 11.9. The van der Waals surface area contributed by atoms with Crippen molar-refractivity contribution in [2.24, 2.45) is 0 Å². The number of nitrogens with zero attached hydrogens (tertiary/aromatic N) is 1. The van der Waals surface area contributed by atoms with Gasteiger partial charge in [0, 0.05) is 18.1 Å². The lowest BCUT2D eigenvalue weighted by Gasteiger charge is -2.25. The van der Waals surface area contributed by atoms with Crippen LogP contribution in [0.25, 0.3) is 0 Å². The molecule has 0 saturated heterocycles. The van der Waals surface area contributed by atoms with Crippen molar-refractivity contribution in [1.29, 1.82) is 0 Å². The van der Waals surface area contributed by atoms with E-state index < -0.39 is 5.97 Å². The van der Waals surface area contributed by atoms with Crippen molar-refractivity contribution in [3.63, 3.8) is 0 Å². The Hall–Kier alpha value is -1.22. The zero-order valence-electron chi connectivity index (χ0n) is 8.99. The first-order valence-electron chi connectivity index (χ1n) is 4.69. The molecule has 1 aromatic rings. The molecule has 0 fully saturated rings. The second kappa shape index (κ2) is 4.53. The van der Waals surface area contributed by atoms with Crippen LogP contribution >= 0.6 is 11.6 Å². The highest BCUT2D eigenvalue weighted by molar-refractivity contribution is 6.31. The summed E-state index contributed by atoms with van der Waals surface area (Å²) in [5.41, 5.74) is 0.917. The number of benzene rings is 1. The smallest absolute Gasteiger partial charge is 0.337 e. The molecule has 15 heavy (non-hydrogen) atoms. The first-order valence-corrected chi connectivity index (χ1v) is 5.07. The third-order valence-electron chi connectivity index (χ3n) is 2.34. The van der Waals surface area contributed by atoms with Crippen molar-refractivity contribution in [1.82, 2.24) is 0 Å². The molecule has 82 valence electrons. The molecule has 0 bridgehead atoms. The number of rotatable bonds is 3. The van der Waals surface area contributed by atoms with Crippen LogP contribution in [0.15, 0.2) is 18.2 Å². The maximum absolute atomic E-state index is 11.0. The van der Waals surface area contributed by atoms with E-state index in [0.29, 0.717) is 10.7 Å². The van der Waals surface area contributed by atoms with Crippen LogP contribution in [0.1, 0.15) is 24.2 Å². The number of hydrogen-bond acceptors (Lipinski definition) is 2. The van der Waals surface area contributed by atoms with E-state index in [1.807, 2.05) is 25.8 Å². The lowest BCUT2D eigenvalue weighted by molar-refractivity contribution is 0.0697. The molecule has 0 radical (unpaired) electrons. The van der Waals surface area contributed by atoms with Crippen LogP contribution in [-0.4, -0.2) is 24.2 Å². The molecule has 0 spiro atoms. The Morgan fingerprint density at radius 1 is 1.47 bits per heavy atom. The summed E-state index contributed by atoms with van der Waals surface area (Å²) in [6.07, 6.45) is 0. The van der Waals surface area contributed by atoms with Crippen molar-refractivity contribution >= 4 is 23.3 Å². The summed E-state index contributed by atoms with van der Waals surface area (Å²) in [6, 6.07) is 5.14. The fraction of sp³-hybridized carbons (Fsp3) is 0.364. The molecule has 4 heteroatoms. The van der Waals surface area contributed by atoms with Gasteiger partial charge < -0.3 is 10.0 Å². The summed E-state index contributed by atoms with van der Waals surface area (Å²) in [7, 11) is 1.86. The molecule has 1 rings (SSSR count). The van der Waals surface area contributed by atoms with E-state index in [0.717, 1.165) is 0 Å². The van der Waals surface area contributed by atoms with Gasteiger partial charge in [0.15, 0.2) is 0 Å². The third kappa shape index (κ3) is 2.63. The van der Waals surface area contributed by atoms with Gasteiger partial charge in [-0.3, -0.25) is 0 Å². The lowest BCUT2D eigenvalue weighted by atomic mass is 10.1. The molecule has 0 aliphatic carbocycles. The van der Waals surface area contributed by atoms with Crippen LogP contribution in [0.3, 0.4) is 0 Å². The topological polar surface area (TPSA) is 40.5 Å². The molecule has 0 aliphatic rings. The maximum Gasteiger partial charge on any atom is 0.337 e. The molecule has 0 saturated carbocycles. The SMILES string of the molecule is CC(C)N(C)c1ccc(Cl)cc1C(=O)O. The summed E-state index contributed by atoms with van der Waals surface area (Å²) in [5.74, 6) is -0.958. The van der Waals surface area contributed by atoms with Gasteiger partial charge in [-0.15, -0.1) is 0 Å². The van der Waals surface area contributed by atoms with E-state index in [9.17, 15) is 4.79 Å². The number of carboxylic acid groups (broad SMARTS) is 1. The molecule has 0 heterocycles. The molecule has 3 nitrogen and oxygen atoms in total. The van der Waals surface area contributed by atoms with Gasteiger partial charge >= 0.3 is 5.97 Å². The minimum Gasteiger partial charge on any atom is -0.478 e. The quantitative estimate of drug-likeness (QED) is 0.863. The molecular weight excluding hydrogens is 214 g/mol. The van der Waals surface area contributed by atoms with E-state index in [1.54, 1.807) is 12.1 Å². The van der Waals surface area contributed by atoms with Gasteiger partial charge in [-0.1, -0.05) is 11.6 Å². The van der Waals surface area contributed by atoms with Gasteiger partial charge in [0.1, 0.15) is 0 Å². The number of aromatic carboxylic acids is 1. The number of halogens is 1. The normalized spacial score (nSPS) is 10.5. The zero-order chi connectivity index (χ0) is 11.6.